The highest BCUT2D eigenvalue weighted by Crippen LogP contribution is 2.55. The molecule has 2 atom stereocenters. The van der Waals surface area contributed by atoms with E-state index in [1.807, 2.05) is 0 Å². The van der Waals surface area contributed by atoms with Crippen LogP contribution in [0.3, 0.4) is 0 Å². The molecule has 0 aromatic rings. The normalized spacial score (nSPS) is 18.5. The predicted octanol–water partition coefficient (Wildman–Crippen LogP) is 6.10. The molecule has 2 unspecified atom stereocenters. The fourth-order valence-electron chi connectivity index (χ4n) is 2.21. The van der Waals surface area contributed by atoms with Gasteiger partial charge in [0.15, 0.2) is 0 Å². The summed E-state index contributed by atoms with van der Waals surface area (Å²) in [4.78, 5) is 19.1. The van der Waals surface area contributed by atoms with Crippen LogP contribution in [0.15, 0.2) is 0 Å². The maximum atomic E-state index is 11.8. The molecule has 0 aliphatic heterocycles. The maximum absolute atomic E-state index is 11.8. The molecule has 12 heteroatoms. The van der Waals surface area contributed by atoms with Gasteiger partial charge in [-0.1, -0.05) is 112 Å². The number of halogens is 7. The zero-order valence-corrected chi connectivity index (χ0v) is 23.9. The third-order valence-corrected chi connectivity index (χ3v) is 11.9. The molecule has 0 spiro atoms. The van der Waals surface area contributed by atoms with Crippen LogP contribution in [0.25, 0.3) is 0 Å². The van der Waals surface area contributed by atoms with Crippen LogP contribution in [-0.4, -0.2) is 51.7 Å². The molecule has 23 heavy (non-hydrogen) atoms. The summed E-state index contributed by atoms with van der Waals surface area (Å²) in [6.45, 7) is 0. The summed E-state index contributed by atoms with van der Waals surface area (Å²) < 4.78 is 17.2. The Morgan fingerprint density at radius 1 is 0.870 bits per heavy atom. The van der Waals surface area contributed by atoms with Crippen molar-refractivity contribution < 1.29 is 18.9 Å². The van der Waals surface area contributed by atoms with Gasteiger partial charge >= 0.3 is 7.82 Å². The molecule has 2 N–H and O–H groups in total. The predicted molar refractivity (Wildman–Crippen MR) is 122 cm³/mol. The molecule has 4 nitrogen and oxygen atoms in total. The molecule has 0 bridgehead atoms. The molecular weight excluding hydrogens is 786 g/mol. The first-order valence-corrected chi connectivity index (χ1v) is 15.4. The van der Waals surface area contributed by atoms with Crippen LogP contribution in [0, 0.1) is 5.41 Å². The van der Waals surface area contributed by atoms with Gasteiger partial charge in [-0.2, -0.15) is 0 Å². The Balaban J connectivity index is 6.13. The van der Waals surface area contributed by atoms with Crippen molar-refractivity contribution in [3.8, 4) is 0 Å². The quantitative estimate of drug-likeness (QED) is 0.185. The Bertz CT molecular complexity index is 370. The van der Waals surface area contributed by atoms with E-state index in [1.165, 1.54) is 0 Å². The van der Waals surface area contributed by atoms with E-state index in [2.05, 4.69) is 112 Å². The summed E-state index contributed by atoms with van der Waals surface area (Å²) >= 11 is 24.5. The summed E-state index contributed by atoms with van der Waals surface area (Å²) in [6.07, 6.45) is 0.864. The third kappa shape index (κ3) is 8.16. The number of phosphoric acid groups is 1. The SMILES string of the molecule is O=P(O)(O)OC(CC(Br)CBr)(CC(Br)CBr)C(CBr)(CBr)CBr. The van der Waals surface area contributed by atoms with Gasteiger partial charge in [0.05, 0.1) is 5.60 Å². The van der Waals surface area contributed by atoms with E-state index in [-0.39, 0.29) is 9.65 Å². The molecule has 0 fully saturated rings. The first-order valence-electron chi connectivity index (χ1n) is 6.39. The third-order valence-electron chi connectivity index (χ3n) is 3.46. The Morgan fingerprint density at radius 3 is 1.43 bits per heavy atom. The smallest absolute Gasteiger partial charge is 0.303 e. The Hall–Kier alpha value is 3.47. The molecule has 0 saturated carbocycles. The van der Waals surface area contributed by atoms with Gasteiger partial charge in [-0.3, -0.25) is 4.52 Å². The van der Waals surface area contributed by atoms with Gasteiger partial charge in [0.2, 0.25) is 0 Å². The zero-order chi connectivity index (χ0) is 18.3. The van der Waals surface area contributed by atoms with Gasteiger partial charge < -0.3 is 9.79 Å². The standard InChI is InChI=1S/C11H18Br7O4P/c12-3-8(17)1-11(2-9(18)4-13,22-23(19,20)21)10(5-14,6-15)7-16/h8-9H,1-7H2,(H2,19,20,21). The lowest BCUT2D eigenvalue weighted by atomic mass is 9.71. The second kappa shape index (κ2) is 12.1. The molecule has 0 amide bonds. The first-order chi connectivity index (χ1) is 10.5. The van der Waals surface area contributed by atoms with Crippen molar-refractivity contribution in [2.75, 3.05) is 26.7 Å². The van der Waals surface area contributed by atoms with Gasteiger partial charge in [0.1, 0.15) is 0 Å². The number of hydrogen-bond acceptors (Lipinski definition) is 2. The summed E-state index contributed by atoms with van der Waals surface area (Å²) in [5, 5.41) is 2.83. The topological polar surface area (TPSA) is 66.8 Å². The van der Waals surface area contributed by atoms with Crippen LogP contribution in [0.5, 0.6) is 0 Å². The molecule has 0 aliphatic rings. The first kappa shape index (κ1) is 26.5. The van der Waals surface area contributed by atoms with Crippen molar-refractivity contribution in [1.29, 1.82) is 0 Å². The number of phosphoric ester groups is 1. The van der Waals surface area contributed by atoms with E-state index >= 15 is 0 Å². The number of alkyl halides is 7. The molecule has 0 aliphatic carbocycles. The molecule has 0 saturated heterocycles. The second-order valence-electron chi connectivity index (χ2n) is 5.17. The van der Waals surface area contributed by atoms with Crippen LogP contribution < -0.4 is 0 Å². The van der Waals surface area contributed by atoms with Gasteiger partial charge in [0.25, 0.3) is 0 Å². The van der Waals surface area contributed by atoms with Crippen LogP contribution in [0.4, 0.5) is 0 Å². The van der Waals surface area contributed by atoms with E-state index < -0.39 is 18.8 Å². The zero-order valence-electron chi connectivity index (χ0n) is 11.9. The summed E-state index contributed by atoms with van der Waals surface area (Å²) in [5.74, 6) is 0. The van der Waals surface area contributed by atoms with E-state index in [1.54, 1.807) is 0 Å². The summed E-state index contributed by atoms with van der Waals surface area (Å²) in [7, 11) is -4.69. The van der Waals surface area contributed by atoms with Gasteiger partial charge in [-0.15, -0.1) is 0 Å². The van der Waals surface area contributed by atoms with Crippen molar-refractivity contribution in [2.45, 2.75) is 28.1 Å². The average molecular weight is 805 g/mol. The number of hydrogen-bond donors (Lipinski definition) is 2. The minimum absolute atomic E-state index is 0.000556. The molecule has 0 radical (unpaired) electrons. The Morgan fingerprint density at radius 2 is 1.22 bits per heavy atom. The van der Waals surface area contributed by atoms with Gasteiger partial charge in [-0.05, 0) is 12.8 Å². The second-order valence-corrected chi connectivity index (χ2v) is 11.9. The lowest BCUT2D eigenvalue weighted by molar-refractivity contribution is -0.0544. The fourth-order valence-corrected chi connectivity index (χ4v) is 8.83. The fraction of sp³-hybridized carbons (Fsp3) is 1.00. The molecule has 140 valence electrons. The van der Waals surface area contributed by atoms with Gasteiger partial charge in [0, 0.05) is 41.7 Å². The lowest BCUT2D eigenvalue weighted by Crippen LogP contribution is -2.56. The van der Waals surface area contributed by atoms with Crippen LogP contribution >= 0.6 is 119 Å². The van der Waals surface area contributed by atoms with Crippen molar-refractivity contribution >= 4 is 119 Å². The van der Waals surface area contributed by atoms with Crippen LogP contribution in [0.1, 0.15) is 12.8 Å². The average Bonchev–Trinajstić information content (AvgIpc) is 2.47. The van der Waals surface area contributed by atoms with Crippen molar-refractivity contribution in [2.24, 2.45) is 5.41 Å². The van der Waals surface area contributed by atoms with Gasteiger partial charge in [-0.25, -0.2) is 4.57 Å². The van der Waals surface area contributed by atoms with Crippen LogP contribution in [-0.2, 0) is 9.09 Å². The summed E-state index contributed by atoms with van der Waals surface area (Å²) in [6, 6.07) is 0. The van der Waals surface area contributed by atoms with E-state index in [9.17, 15) is 14.4 Å². The van der Waals surface area contributed by atoms with Crippen molar-refractivity contribution in [1.82, 2.24) is 0 Å². The molecule has 0 aromatic carbocycles. The van der Waals surface area contributed by atoms with Crippen molar-refractivity contribution in [3.05, 3.63) is 0 Å². The summed E-state index contributed by atoms with van der Waals surface area (Å²) in [5.41, 5.74) is -1.62. The highest BCUT2D eigenvalue weighted by molar-refractivity contribution is 9.12. The maximum Gasteiger partial charge on any atom is 0.470 e. The highest BCUT2D eigenvalue weighted by atomic mass is 79.9. The largest absolute Gasteiger partial charge is 0.470 e. The Labute approximate surface area is 196 Å². The van der Waals surface area contributed by atoms with E-state index in [4.69, 9.17) is 4.52 Å². The number of rotatable bonds is 12. The minimum atomic E-state index is -4.69. The Kier molecular flexibility index (Phi) is 14.0. The molecule has 0 aromatic heterocycles. The minimum Gasteiger partial charge on any atom is -0.303 e. The molecule has 0 rings (SSSR count). The van der Waals surface area contributed by atoms with Crippen molar-refractivity contribution in [3.63, 3.8) is 0 Å². The van der Waals surface area contributed by atoms with Crippen LogP contribution in [0.2, 0.25) is 0 Å². The van der Waals surface area contributed by atoms with E-state index in [0.29, 0.717) is 39.5 Å². The van der Waals surface area contributed by atoms with E-state index in [0.717, 1.165) is 0 Å². The monoisotopic (exact) mass is 798 g/mol. The highest BCUT2D eigenvalue weighted by Gasteiger charge is 2.55. The lowest BCUT2D eigenvalue weighted by Gasteiger charge is -2.49. The molecule has 0 heterocycles. The molecular formula is C11H18Br7O4P.